The molecule has 7 nitrogen and oxygen atoms in total. The lowest BCUT2D eigenvalue weighted by Gasteiger charge is -2.22. The number of nitrogens with zero attached hydrogens (tertiary/aromatic N) is 2. The van der Waals surface area contributed by atoms with Crippen LogP contribution in [0.4, 0.5) is 0 Å². The first-order valence-electron chi connectivity index (χ1n) is 9.99. The molecule has 0 bridgehead atoms. The molecule has 0 heterocycles. The zero-order valence-corrected chi connectivity index (χ0v) is 17.9. The summed E-state index contributed by atoms with van der Waals surface area (Å²) in [5.41, 5.74) is 0.987. The van der Waals surface area contributed by atoms with E-state index in [9.17, 15) is 0 Å². The summed E-state index contributed by atoms with van der Waals surface area (Å²) in [6.07, 6.45) is 3.34. The van der Waals surface area contributed by atoms with Gasteiger partial charge in [0.15, 0.2) is 5.96 Å². The summed E-state index contributed by atoms with van der Waals surface area (Å²) in [5, 5.41) is 3.34. The standard InChI is InChI=1S/C21H35N3O4/c1-6-22-21(24(2)11-12-28-15-16-7-8-16)23-10-9-18-19(26-4)13-17(25-3)14-20(18)27-5/h13-14,16H,6-12,15H2,1-5H3,(H,22,23). The monoisotopic (exact) mass is 393 g/mol. The Kier molecular flexibility index (Phi) is 9.20. The molecular formula is C21H35N3O4. The number of nitrogens with one attached hydrogen (secondary N) is 1. The van der Waals surface area contributed by atoms with Crippen molar-refractivity contribution in [2.24, 2.45) is 10.9 Å². The highest BCUT2D eigenvalue weighted by Crippen LogP contribution is 2.34. The molecule has 7 heteroatoms. The molecular weight excluding hydrogens is 358 g/mol. The van der Waals surface area contributed by atoms with E-state index in [2.05, 4.69) is 17.1 Å². The van der Waals surface area contributed by atoms with Crippen LogP contribution in [0.5, 0.6) is 17.2 Å². The number of ether oxygens (including phenoxy) is 4. The van der Waals surface area contributed by atoms with Gasteiger partial charge in [-0.2, -0.15) is 0 Å². The van der Waals surface area contributed by atoms with Crippen LogP contribution < -0.4 is 19.5 Å². The Morgan fingerprint density at radius 3 is 2.36 bits per heavy atom. The maximum atomic E-state index is 5.74. The van der Waals surface area contributed by atoms with Crippen LogP contribution in [-0.4, -0.2) is 72.1 Å². The van der Waals surface area contributed by atoms with Crippen molar-refractivity contribution < 1.29 is 18.9 Å². The molecule has 2 rings (SSSR count). The number of rotatable bonds is 12. The molecule has 1 aromatic carbocycles. The Labute approximate surface area is 169 Å². The summed E-state index contributed by atoms with van der Waals surface area (Å²) in [7, 11) is 6.97. The van der Waals surface area contributed by atoms with E-state index in [1.807, 2.05) is 19.2 Å². The van der Waals surface area contributed by atoms with Gasteiger partial charge < -0.3 is 29.2 Å². The molecule has 0 aliphatic heterocycles. The number of likely N-dealkylation sites (N-methyl/N-ethyl adjacent to an activating group) is 1. The largest absolute Gasteiger partial charge is 0.496 e. The van der Waals surface area contributed by atoms with Crippen LogP contribution in [0.2, 0.25) is 0 Å². The smallest absolute Gasteiger partial charge is 0.193 e. The minimum Gasteiger partial charge on any atom is -0.496 e. The Hall–Kier alpha value is -2.15. The minimum atomic E-state index is 0.620. The highest BCUT2D eigenvalue weighted by atomic mass is 16.5. The Balaban J connectivity index is 1.96. The summed E-state index contributed by atoms with van der Waals surface area (Å²) in [4.78, 5) is 6.87. The SMILES string of the molecule is CCNC(=NCCc1c(OC)cc(OC)cc1OC)N(C)CCOCC1CC1. The maximum Gasteiger partial charge on any atom is 0.193 e. The van der Waals surface area contributed by atoms with E-state index in [4.69, 9.17) is 23.9 Å². The molecule has 0 aromatic heterocycles. The van der Waals surface area contributed by atoms with Crippen molar-refractivity contribution in [1.82, 2.24) is 10.2 Å². The molecule has 1 fully saturated rings. The number of methoxy groups -OCH3 is 3. The fraction of sp³-hybridized carbons (Fsp3) is 0.667. The van der Waals surface area contributed by atoms with Crippen molar-refractivity contribution in [2.45, 2.75) is 26.2 Å². The Morgan fingerprint density at radius 1 is 1.14 bits per heavy atom. The maximum absolute atomic E-state index is 5.74. The normalized spacial score (nSPS) is 14.0. The molecule has 0 atom stereocenters. The third-order valence-electron chi connectivity index (χ3n) is 4.76. The van der Waals surface area contributed by atoms with Gasteiger partial charge in [-0.25, -0.2) is 0 Å². The van der Waals surface area contributed by atoms with E-state index in [0.29, 0.717) is 18.7 Å². The van der Waals surface area contributed by atoms with Gasteiger partial charge in [-0.15, -0.1) is 0 Å². The first-order chi connectivity index (χ1) is 13.6. The molecule has 1 saturated carbocycles. The summed E-state index contributed by atoms with van der Waals surface area (Å²) in [5.74, 6) is 3.88. The van der Waals surface area contributed by atoms with Crippen molar-refractivity contribution in [3.8, 4) is 17.2 Å². The summed E-state index contributed by atoms with van der Waals surface area (Å²) in [6, 6.07) is 3.74. The van der Waals surface area contributed by atoms with Gasteiger partial charge in [-0.3, -0.25) is 4.99 Å². The molecule has 0 spiro atoms. The summed E-state index contributed by atoms with van der Waals surface area (Å²) in [6.45, 7) is 5.93. The van der Waals surface area contributed by atoms with Crippen LogP contribution in [0, 0.1) is 5.92 Å². The molecule has 0 unspecified atom stereocenters. The van der Waals surface area contributed by atoms with E-state index in [0.717, 1.165) is 55.2 Å². The summed E-state index contributed by atoms with van der Waals surface area (Å²) >= 11 is 0. The lowest BCUT2D eigenvalue weighted by Crippen LogP contribution is -2.40. The molecule has 1 aromatic rings. The third kappa shape index (κ3) is 6.78. The molecule has 0 radical (unpaired) electrons. The van der Waals surface area contributed by atoms with E-state index in [1.165, 1.54) is 12.8 Å². The fourth-order valence-electron chi connectivity index (χ4n) is 2.91. The molecule has 0 saturated heterocycles. The highest BCUT2D eigenvalue weighted by molar-refractivity contribution is 5.79. The Morgan fingerprint density at radius 2 is 1.82 bits per heavy atom. The molecule has 0 amide bonds. The van der Waals surface area contributed by atoms with Crippen LogP contribution in [0.3, 0.4) is 0 Å². The van der Waals surface area contributed by atoms with E-state index >= 15 is 0 Å². The second kappa shape index (κ2) is 11.6. The second-order valence-electron chi connectivity index (χ2n) is 6.94. The summed E-state index contributed by atoms with van der Waals surface area (Å²) < 4.78 is 22.1. The van der Waals surface area contributed by atoms with E-state index in [-0.39, 0.29) is 0 Å². The molecule has 1 N–H and O–H groups in total. The van der Waals surface area contributed by atoms with Crippen LogP contribution >= 0.6 is 0 Å². The number of aliphatic imine (C=N–C) groups is 1. The van der Waals surface area contributed by atoms with Crippen LogP contribution in [0.15, 0.2) is 17.1 Å². The number of benzene rings is 1. The van der Waals surface area contributed by atoms with Gasteiger partial charge in [-0.05, 0) is 32.1 Å². The van der Waals surface area contributed by atoms with Gasteiger partial charge in [-0.1, -0.05) is 0 Å². The topological polar surface area (TPSA) is 64.6 Å². The van der Waals surface area contributed by atoms with Crippen molar-refractivity contribution in [1.29, 1.82) is 0 Å². The average molecular weight is 394 g/mol. The van der Waals surface area contributed by atoms with Crippen LogP contribution in [0.1, 0.15) is 25.3 Å². The van der Waals surface area contributed by atoms with Crippen LogP contribution in [0.25, 0.3) is 0 Å². The quantitative estimate of drug-likeness (QED) is 0.335. The fourth-order valence-corrected chi connectivity index (χ4v) is 2.91. The molecule has 1 aliphatic carbocycles. The zero-order valence-electron chi connectivity index (χ0n) is 17.9. The first kappa shape index (κ1) is 22.1. The van der Waals surface area contributed by atoms with Gasteiger partial charge in [0.2, 0.25) is 0 Å². The van der Waals surface area contributed by atoms with Crippen molar-refractivity contribution in [3.63, 3.8) is 0 Å². The third-order valence-corrected chi connectivity index (χ3v) is 4.76. The van der Waals surface area contributed by atoms with Gasteiger partial charge in [0.1, 0.15) is 17.2 Å². The minimum absolute atomic E-state index is 0.620. The van der Waals surface area contributed by atoms with Crippen LogP contribution in [-0.2, 0) is 11.2 Å². The highest BCUT2D eigenvalue weighted by Gasteiger charge is 2.21. The van der Waals surface area contributed by atoms with Crippen molar-refractivity contribution in [2.75, 3.05) is 61.2 Å². The predicted octanol–water partition coefficient (Wildman–Crippen LogP) is 2.58. The molecule has 28 heavy (non-hydrogen) atoms. The number of hydrogen-bond acceptors (Lipinski definition) is 5. The first-order valence-corrected chi connectivity index (χ1v) is 9.99. The zero-order chi connectivity index (χ0) is 20.4. The average Bonchev–Trinajstić information content (AvgIpc) is 3.54. The van der Waals surface area contributed by atoms with E-state index in [1.54, 1.807) is 21.3 Å². The van der Waals surface area contributed by atoms with Crippen molar-refractivity contribution in [3.05, 3.63) is 17.7 Å². The van der Waals surface area contributed by atoms with E-state index < -0.39 is 0 Å². The predicted molar refractivity (Wildman–Crippen MR) is 112 cm³/mol. The number of guanidine groups is 1. The van der Waals surface area contributed by atoms with Gasteiger partial charge >= 0.3 is 0 Å². The molecule has 1 aliphatic rings. The second-order valence-corrected chi connectivity index (χ2v) is 6.94. The lowest BCUT2D eigenvalue weighted by atomic mass is 10.1. The lowest BCUT2D eigenvalue weighted by molar-refractivity contribution is 0.115. The van der Waals surface area contributed by atoms with Gasteiger partial charge in [0.25, 0.3) is 0 Å². The number of hydrogen-bond donors (Lipinski definition) is 1. The van der Waals surface area contributed by atoms with Gasteiger partial charge in [0.05, 0.1) is 27.9 Å². The molecule has 158 valence electrons. The van der Waals surface area contributed by atoms with Crippen molar-refractivity contribution >= 4 is 5.96 Å². The van der Waals surface area contributed by atoms with Gasteiger partial charge in [0, 0.05) is 51.0 Å². The Bertz CT molecular complexity index is 607.